The fourth-order valence-electron chi connectivity index (χ4n) is 5.82. The monoisotopic (exact) mass is 432 g/mol. The molecule has 32 heavy (non-hydrogen) atoms. The number of hydrogen-bond acceptors (Lipinski definition) is 5. The number of aromatic nitrogens is 3. The highest BCUT2D eigenvalue weighted by molar-refractivity contribution is 5.66. The maximum absolute atomic E-state index is 10.9. The number of rotatable bonds is 4. The number of hydrogen-bond donors (Lipinski definition) is 2. The first-order valence-electron chi connectivity index (χ1n) is 11.5. The molecule has 0 bridgehead atoms. The molecule has 0 spiro atoms. The predicted molar refractivity (Wildman–Crippen MR) is 121 cm³/mol. The summed E-state index contributed by atoms with van der Waals surface area (Å²) in [6.07, 6.45) is 8.02. The number of carbonyl (C=O) groups is 1. The molecule has 5 heterocycles. The van der Waals surface area contributed by atoms with E-state index >= 15 is 0 Å². The number of piperidine rings is 1. The van der Waals surface area contributed by atoms with Crippen molar-refractivity contribution in [3.05, 3.63) is 59.7 Å². The molecule has 0 unspecified atom stereocenters. The second-order valence-electron chi connectivity index (χ2n) is 9.30. The molecule has 3 aromatic rings. The van der Waals surface area contributed by atoms with Crippen molar-refractivity contribution >= 4 is 17.6 Å². The SMILES string of the molecule is O=C(O)NC1CN(c2cccc3nc(CN4CCC[C@H]5CCc6cccnc6[C@H]54)cn23)C1. The molecule has 2 atom stereocenters. The van der Waals surface area contributed by atoms with E-state index in [9.17, 15) is 4.79 Å². The van der Waals surface area contributed by atoms with Crippen LogP contribution < -0.4 is 10.2 Å². The van der Waals surface area contributed by atoms with Gasteiger partial charge in [-0.3, -0.25) is 14.3 Å². The van der Waals surface area contributed by atoms with Crippen LogP contribution in [0.3, 0.4) is 0 Å². The van der Waals surface area contributed by atoms with Crippen molar-refractivity contribution in [1.29, 1.82) is 0 Å². The largest absolute Gasteiger partial charge is 0.465 e. The van der Waals surface area contributed by atoms with Crippen LogP contribution in [0, 0.1) is 5.92 Å². The number of nitrogens with one attached hydrogen (secondary N) is 1. The molecule has 1 aliphatic carbocycles. The van der Waals surface area contributed by atoms with Crippen LogP contribution in [0.2, 0.25) is 0 Å². The van der Waals surface area contributed by atoms with Gasteiger partial charge in [-0.05, 0) is 61.9 Å². The predicted octanol–water partition coefficient (Wildman–Crippen LogP) is 3.09. The highest BCUT2D eigenvalue weighted by atomic mass is 16.4. The molecule has 3 aromatic heterocycles. The Bertz CT molecular complexity index is 1150. The second-order valence-corrected chi connectivity index (χ2v) is 9.30. The number of anilines is 1. The highest BCUT2D eigenvalue weighted by Crippen LogP contribution is 2.43. The molecule has 0 aromatic carbocycles. The van der Waals surface area contributed by atoms with Gasteiger partial charge in [0, 0.05) is 32.0 Å². The van der Waals surface area contributed by atoms with E-state index in [4.69, 9.17) is 15.1 Å². The van der Waals surface area contributed by atoms with Gasteiger partial charge in [0.2, 0.25) is 0 Å². The van der Waals surface area contributed by atoms with Gasteiger partial charge in [-0.2, -0.15) is 0 Å². The molecular weight excluding hydrogens is 404 g/mol. The van der Waals surface area contributed by atoms with Crippen LogP contribution in [0.15, 0.2) is 42.7 Å². The van der Waals surface area contributed by atoms with Crippen molar-refractivity contribution < 1.29 is 9.90 Å². The minimum Gasteiger partial charge on any atom is -0.465 e. The Hall–Kier alpha value is -3.13. The molecule has 3 aliphatic rings. The minimum atomic E-state index is -0.962. The van der Waals surface area contributed by atoms with E-state index in [1.165, 1.54) is 30.5 Å². The van der Waals surface area contributed by atoms with E-state index in [1.54, 1.807) is 0 Å². The lowest BCUT2D eigenvalue weighted by Gasteiger charge is -2.44. The van der Waals surface area contributed by atoms with Crippen molar-refractivity contribution in [2.45, 2.75) is 44.3 Å². The Kier molecular flexibility index (Phi) is 4.75. The summed E-state index contributed by atoms with van der Waals surface area (Å²) in [5.74, 6) is 1.74. The summed E-state index contributed by atoms with van der Waals surface area (Å²) in [7, 11) is 0. The Labute approximate surface area is 186 Å². The van der Waals surface area contributed by atoms with E-state index in [2.05, 4.69) is 43.9 Å². The molecule has 0 radical (unpaired) electrons. The molecule has 6 rings (SSSR count). The summed E-state index contributed by atoms with van der Waals surface area (Å²) < 4.78 is 2.14. The lowest BCUT2D eigenvalue weighted by molar-refractivity contribution is 0.0687. The van der Waals surface area contributed by atoms with Crippen molar-refractivity contribution in [2.75, 3.05) is 24.5 Å². The smallest absolute Gasteiger partial charge is 0.405 e. The molecule has 2 N–H and O–H groups in total. The summed E-state index contributed by atoms with van der Waals surface area (Å²) >= 11 is 0. The zero-order valence-corrected chi connectivity index (χ0v) is 18.0. The minimum absolute atomic E-state index is 0.0186. The Morgan fingerprint density at radius 3 is 2.97 bits per heavy atom. The maximum Gasteiger partial charge on any atom is 0.405 e. The number of carboxylic acid groups (broad SMARTS) is 1. The second kappa shape index (κ2) is 7.78. The lowest BCUT2D eigenvalue weighted by atomic mass is 9.77. The molecular formula is C24H28N6O2. The van der Waals surface area contributed by atoms with E-state index in [-0.39, 0.29) is 6.04 Å². The number of aryl methyl sites for hydroxylation is 1. The lowest BCUT2D eigenvalue weighted by Crippen LogP contribution is -2.59. The van der Waals surface area contributed by atoms with Crippen LogP contribution in [0.25, 0.3) is 5.65 Å². The van der Waals surface area contributed by atoms with E-state index in [0.29, 0.717) is 25.0 Å². The standard InChI is InChI=1S/C24H28N6O2/c31-24(32)27-18-13-29(14-18)21-7-1-6-20-26-19(15-30(20)21)12-28-11-3-5-17-9-8-16-4-2-10-25-22(16)23(17)28/h1-2,4,6-7,10,15,17-18,23,27H,3,5,8-9,11-14H2,(H,31,32)/t17-,23-/m0/s1. The molecule has 2 aliphatic heterocycles. The molecule has 166 valence electrons. The quantitative estimate of drug-likeness (QED) is 0.659. The van der Waals surface area contributed by atoms with Crippen LogP contribution in [0.4, 0.5) is 10.6 Å². The maximum atomic E-state index is 10.9. The number of pyridine rings is 2. The van der Waals surface area contributed by atoms with Gasteiger partial charge in [-0.15, -0.1) is 0 Å². The number of amides is 1. The van der Waals surface area contributed by atoms with Crippen LogP contribution in [-0.2, 0) is 13.0 Å². The van der Waals surface area contributed by atoms with Gasteiger partial charge < -0.3 is 15.3 Å². The van der Waals surface area contributed by atoms with E-state index in [0.717, 1.165) is 36.7 Å². The average molecular weight is 433 g/mol. The Morgan fingerprint density at radius 2 is 2.09 bits per heavy atom. The van der Waals surface area contributed by atoms with Gasteiger partial charge in [0.25, 0.3) is 0 Å². The Morgan fingerprint density at radius 1 is 1.19 bits per heavy atom. The summed E-state index contributed by atoms with van der Waals surface area (Å²) in [5, 5.41) is 11.5. The van der Waals surface area contributed by atoms with Gasteiger partial charge in [-0.25, -0.2) is 9.78 Å². The summed E-state index contributed by atoms with van der Waals surface area (Å²) in [5.41, 5.74) is 4.68. The number of fused-ring (bicyclic) bond motifs is 4. The summed E-state index contributed by atoms with van der Waals surface area (Å²) in [6.45, 7) is 3.25. The number of imidazole rings is 1. The fraction of sp³-hybridized carbons (Fsp3) is 0.458. The van der Waals surface area contributed by atoms with E-state index < -0.39 is 6.09 Å². The third-order valence-corrected chi connectivity index (χ3v) is 7.27. The normalized spacial score (nSPS) is 23.4. The number of likely N-dealkylation sites (tertiary alicyclic amines) is 1. The first kappa shape index (κ1) is 19.5. The summed E-state index contributed by atoms with van der Waals surface area (Å²) in [6, 6.07) is 10.8. The van der Waals surface area contributed by atoms with Crippen LogP contribution >= 0.6 is 0 Å². The zero-order valence-electron chi connectivity index (χ0n) is 18.0. The van der Waals surface area contributed by atoms with Crippen molar-refractivity contribution in [3.63, 3.8) is 0 Å². The van der Waals surface area contributed by atoms with Crippen LogP contribution in [0.5, 0.6) is 0 Å². The van der Waals surface area contributed by atoms with Crippen molar-refractivity contribution in [2.24, 2.45) is 5.92 Å². The molecule has 2 saturated heterocycles. The van der Waals surface area contributed by atoms with Gasteiger partial charge in [0.1, 0.15) is 11.5 Å². The Balaban J connectivity index is 1.25. The first-order valence-corrected chi connectivity index (χ1v) is 11.5. The molecule has 8 nitrogen and oxygen atoms in total. The highest BCUT2D eigenvalue weighted by Gasteiger charge is 2.37. The topological polar surface area (TPSA) is 86.0 Å². The first-order chi connectivity index (χ1) is 15.7. The van der Waals surface area contributed by atoms with Crippen LogP contribution in [-0.4, -0.2) is 56.1 Å². The van der Waals surface area contributed by atoms with Gasteiger partial charge >= 0.3 is 6.09 Å². The van der Waals surface area contributed by atoms with Crippen molar-refractivity contribution in [3.8, 4) is 0 Å². The zero-order chi connectivity index (χ0) is 21.7. The third kappa shape index (κ3) is 3.39. The fourth-order valence-corrected chi connectivity index (χ4v) is 5.82. The van der Waals surface area contributed by atoms with Crippen LogP contribution in [0.1, 0.15) is 42.3 Å². The van der Waals surface area contributed by atoms with Gasteiger partial charge in [-0.1, -0.05) is 12.1 Å². The molecule has 8 heteroatoms. The third-order valence-electron chi connectivity index (χ3n) is 7.27. The molecule has 1 amide bonds. The van der Waals surface area contributed by atoms with Gasteiger partial charge in [0.15, 0.2) is 0 Å². The average Bonchev–Trinajstić information content (AvgIpc) is 3.18. The summed E-state index contributed by atoms with van der Waals surface area (Å²) in [4.78, 5) is 25.4. The van der Waals surface area contributed by atoms with E-state index in [1.807, 2.05) is 18.3 Å². The molecule has 2 fully saturated rings. The van der Waals surface area contributed by atoms with Crippen molar-refractivity contribution in [1.82, 2.24) is 24.6 Å². The number of nitrogens with zero attached hydrogens (tertiary/aromatic N) is 5. The molecule has 0 saturated carbocycles. The van der Waals surface area contributed by atoms with Gasteiger partial charge in [0.05, 0.1) is 23.5 Å².